The monoisotopic (exact) mass is 219 g/mol. The normalized spacial score (nSPS) is 10.5. The second kappa shape index (κ2) is 4.26. The fourth-order valence-electron chi connectivity index (χ4n) is 0.654. The van der Waals surface area contributed by atoms with Crippen LogP contribution in [0.2, 0.25) is 5.02 Å². The zero-order chi connectivity index (χ0) is 8.48. The van der Waals surface area contributed by atoms with Crippen LogP contribution in [0.3, 0.4) is 0 Å². The molecule has 1 rings (SSSR count). The van der Waals surface area contributed by atoms with Crippen LogP contribution >= 0.6 is 11.6 Å². The minimum Gasteiger partial charge on any atom is -0.282 e. The first kappa shape index (κ1) is 12.0. The molecule has 0 amide bonds. The molecule has 1 aromatic rings. The summed E-state index contributed by atoms with van der Waals surface area (Å²) in [5, 5.41) is 0.0231. The molecule has 0 aromatic heterocycles. The Morgan fingerprint density at radius 3 is 2.08 bits per heavy atom. The van der Waals surface area contributed by atoms with Gasteiger partial charge in [-0.05, 0) is 12.1 Å². The van der Waals surface area contributed by atoms with E-state index in [9.17, 15) is 8.42 Å². The lowest BCUT2D eigenvalue weighted by Gasteiger charge is -1.97. The van der Waals surface area contributed by atoms with Crippen LogP contribution in [0.5, 0.6) is 0 Å². The molecule has 3 nitrogen and oxygen atoms in total. The molecule has 0 bridgehead atoms. The van der Waals surface area contributed by atoms with Crippen molar-refractivity contribution in [2.24, 2.45) is 0 Å². The lowest BCUT2D eigenvalue weighted by atomic mass is 10.4. The van der Waals surface area contributed by atoms with E-state index in [0.29, 0.717) is 0 Å². The van der Waals surface area contributed by atoms with Gasteiger partial charge in [0, 0.05) is 17.4 Å². The molecule has 3 radical (unpaired) electrons. The lowest BCUT2D eigenvalue weighted by molar-refractivity contribution is 0.483. The highest BCUT2D eigenvalue weighted by molar-refractivity contribution is 7.86. The van der Waals surface area contributed by atoms with Gasteiger partial charge in [-0.3, -0.25) is 4.55 Å². The highest BCUT2D eigenvalue weighted by Gasteiger charge is 2.12. The predicted octanol–water partition coefficient (Wildman–Crippen LogP) is 1.21. The standard InChI is InChI=1S/C6H5ClO3S.Al/c7-5-3-1-2-4-6(5)11(8,9)10;/h1-4H,(H,8,9,10);. The minimum atomic E-state index is -4.17. The molecule has 1 aromatic carbocycles. The third-order valence-electron chi connectivity index (χ3n) is 1.11. The van der Waals surface area contributed by atoms with Crippen LogP contribution in [0, 0.1) is 0 Å². The van der Waals surface area contributed by atoms with Crippen molar-refractivity contribution in [3.8, 4) is 0 Å². The third-order valence-corrected chi connectivity index (χ3v) is 2.47. The molecule has 6 heteroatoms. The van der Waals surface area contributed by atoms with Crippen LogP contribution in [0.25, 0.3) is 0 Å². The Labute approximate surface area is 86.2 Å². The highest BCUT2D eigenvalue weighted by atomic mass is 35.5. The zero-order valence-electron chi connectivity index (χ0n) is 5.94. The minimum absolute atomic E-state index is 0. The van der Waals surface area contributed by atoms with E-state index in [4.69, 9.17) is 16.2 Å². The summed E-state index contributed by atoms with van der Waals surface area (Å²) in [5.74, 6) is 0. The largest absolute Gasteiger partial charge is 0.296 e. The molecule has 0 atom stereocenters. The summed E-state index contributed by atoms with van der Waals surface area (Å²) >= 11 is 5.47. The van der Waals surface area contributed by atoms with Gasteiger partial charge in [0.15, 0.2) is 0 Å². The summed E-state index contributed by atoms with van der Waals surface area (Å²) < 4.78 is 29.6. The van der Waals surface area contributed by atoms with Gasteiger partial charge in [0.1, 0.15) is 4.90 Å². The molecule has 63 valence electrons. The van der Waals surface area contributed by atoms with Gasteiger partial charge in [-0.1, -0.05) is 23.7 Å². The SMILES string of the molecule is O=S(=O)(O)c1ccccc1Cl.[Al]. The number of hydrogen-bond acceptors (Lipinski definition) is 2. The van der Waals surface area contributed by atoms with E-state index in [0.717, 1.165) is 0 Å². The topological polar surface area (TPSA) is 54.4 Å². The molecular formula is C6H5AlClO3S. The maximum atomic E-state index is 10.5. The fraction of sp³-hybridized carbons (Fsp3) is 0. The molecule has 0 fully saturated rings. The molecule has 0 saturated carbocycles. The maximum Gasteiger partial charge on any atom is 0.296 e. The Hall–Kier alpha value is -0.0475. The van der Waals surface area contributed by atoms with Crippen molar-refractivity contribution in [1.29, 1.82) is 0 Å². The molecule has 0 aliphatic rings. The maximum absolute atomic E-state index is 10.5. The molecule has 0 heterocycles. The molecule has 1 N–H and O–H groups in total. The quantitative estimate of drug-likeness (QED) is 0.571. The molecule has 0 unspecified atom stereocenters. The van der Waals surface area contributed by atoms with E-state index in [1.807, 2.05) is 0 Å². The molecule has 12 heavy (non-hydrogen) atoms. The number of hydrogen-bond donors (Lipinski definition) is 1. The van der Waals surface area contributed by atoms with E-state index >= 15 is 0 Å². The van der Waals surface area contributed by atoms with Gasteiger partial charge in [-0.25, -0.2) is 0 Å². The Kier molecular flexibility index (Phi) is 4.25. The van der Waals surface area contributed by atoms with Gasteiger partial charge in [-0.2, -0.15) is 8.42 Å². The molecule has 0 spiro atoms. The van der Waals surface area contributed by atoms with Crippen LogP contribution in [-0.2, 0) is 10.1 Å². The highest BCUT2D eigenvalue weighted by Crippen LogP contribution is 2.19. The van der Waals surface area contributed by atoms with E-state index in [-0.39, 0.29) is 27.3 Å². The first-order valence-corrected chi connectivity index (χ1v) is 4.55. The number of rotatable bonds is 1. The molecule has 0 aliphatic carbocycles. The Morgan fingerprint density at radius 1 is 1.25 bits per heavy atom. The van der Waals surface area contributed by atoms with Crippen molar-refractivity contribution >= 4 is 39.1 Å². The van der Waals surface area contributed by atoms with E-state index in [1.165, 1.54) is 18.2 Å². The van der Waals surface area contributed by atoms with Gasteiger partial charge in [-0.15, -0.1) is 0 Å². The first-order valence-electron chi connectivity index (χ1n) is 2.74. The Balaban J connectivity index is 0.00000121. The van der Waals surface area contributed by atoms with Crippen LogP contribution in [0.15, 0.2) is 29.2 Å². The van der Waals surface area contributed by atoms with Gasteiger partial charge in [0.05, 0.1) is 5.02 Å². The van der Waals surface area contributed by atoms with Crippen LogP contribution in [0.4, 0.5) is 0 Å². The fourth-order valence-corrected chi connectivity index (χ4v) is 1.65. The summed E-state index contributed by atoms with van der Waals surface area (Å²) in [6.45, 7) is 0. The Morgan fingerprint density at radius 2 is 1.75 bits per heavy atom. The van der Waals surface area contributed by atoms with Crippen LogP contribution < -0.4 is 0 Å². The van der Waals surface area contributed by atoms with E-state index in [2.05, 4.69) is 0 Å². The number of benzene rings is 1. The predicted molar refractivity (Wildman–Crippen MR) is 47.0 cm³/mol. The third kappa shape index (κ3) is 2.78. The van der Waals surface area contributed by atoms with Crippen molar-refractivity contribution in [2.75, 3.05) is 0 Å². The van der Waals surface area contributed by atoms with Crippen molar-refractivity contribution in [3.05, 3.63) is 29.3 Å². The number of halogens is 1. The van der Waals surface area contributed by atoms with Crippen molar-refractivity contribution in [2.45, 2.75) is 4.90 Å². The Bertz CT molecular complexity index is 363. The summed E-state index contributed by atoms with van der Waals surface area (Å²) in [4.78, 5) is -0.262. The smallest absolute Gasteiger partial charge is 0.282 e. The van der Waals surface area contributed by atoms with Crippen LogP contribution in [-0.4, -0.2) is 30.3 Å². The molecule has 0 saturated heterocycles. The van der Waals surface area contributed by atoms with E-state index < -0.39 is 10.1 Å². The van der Waals surface area contributed by atoms with Gasteiger partial charge in [0.25, 0.3) is 10.1 Å². The van der Waals surface area contributed by atoms with Crippen LogP contribution in [0.1, 0.15) is 0 Å². The molecular weight excluding hydrogens is 215 g/mol. The second-order valence-corrected chi connectivity index (χ2v) is 3.70. The summed E-state index contributed by atoms with van der Waals surface area (Å²) in [6.07, 6.45) is 0. The average Bonchev–Trinajstić information content (AvgIpc) is 1.86. The van der Waals surface area contributed by atoms with E-state index in [1.54, 1.807) is 6.07 Å². The van der Waals surface area contributed by atoms with Crippen molar-refractivity contribution < 1.29 is 13.0 Å². The summed E-state index contributed by atoms with van der Waals surface area (Å²) in [5.41, 5.74) is 0. The molecule has 0 aliphatic heterocycles. The van der Waals surface area contributed by atoms with Gasteiger partial charge >= 0.3 is 0 Å². The van der Waals surface area contributed by atoms with Gasteiger partial charge < -0.3 is 0 Å². The van der Waals surface area contributed by atoms with Crippen molar-refractivity contribution in [1.82, 2.24) is 0 Å². The second-order valence-electron chi connectivity index (χ2n) is 1.91. The summed E-state index contributed by atoms with van der Waals surface area (Å²) in [7, 11) is -4.17. The zero-order valence-corrected chi connectivity index (χ0v) is 8.66. The lowest BCUT2D eigenvalue weighted by Crippen LogP contribution is -1.97. The summed E-state index contributed by atoms with van der Waals surface area (Å²) in [6, 6.07) is 5.69. The van der Waals surface area contributed by atoms with Gasteiger partial charge in [0.2, 0.25) is 0 Å². The first-order chi connectivity index (χ1) is 5.02. The van der Waals surface area contributed by atoms with Crippen molar-refractivity contribution in [3.63, 3.8) is 0 Å². The average molecular weight is 220 g/mol.